The number of morpholine rings is 1. The van der Waals surface area contributed by atoms with Crippen LogP contribution in [0.1, 0.15) is 10.4 Å². The second kappa shape index (κ2) is 10.6. The van der Waals surface area contributed by atoms with E-state index in [9.17, 15) is 14.7 Å². The molecule has 3 heterocycles. The van der Waals surface area contributed by atoms with Crippen LogP contribution in [0.5, 0.6) is 11.5 Å². The van der Waals surface area contributed by atoms with Gasteiger partial charge in [0.1, 0.15) is 18.2 Å². The van der Waals surface area contributed by atoms with E-state index in [-0.39, 0.29) is 40.7 Å². The van der Waals surface area contributed by atoms with E-state index >= 15 is 0 Å². The third-order valence-electron chi connectivity index (χ3n) is 5.53. The Hall–Kier alpha value is -3.81. The number of rotatable bonds is 8. The zero-order valence-corrected chi connectivity index (χ0v) is 19.4. The first-order chi connectivity index (χ1) is 16.9. The quantitative estimate of drug-likeness (QED) is 0.381. The summed E-state index contributed by atoms with van der Waals surface area (Å²) >= 11 is 0. The summed E-state index contributed by atoms with van der Waals surface area (Å²) in [6.07, 6.45) is 1.80. The second-order valence-corrected chi connectivity index (χ2v) is 7.95. The molecular formula is C22H27N7O6. The normalized spacial score (nSPS) is 15.1. The van der Waals surface area contributed by atoms with E-state index in [2.05, 4.69) is 25.2 Å². The number of ether oxygens (including phenoxy) is 3. The van der Waals surface area contributed by atoms with Gasteiger partial charge in [0.05, 0.1) is 31.3 Å². The van der Waals surface area contributed by atoms with Crippen LogP contribution in [-0.4, -0.2) is 88.1 Å². The lowest BCUT2D eigenvalue weighted by Gasteiger charge is -2.28. The van der Waals surface area contributed by atoms with Crippen molar-refractivity contribution in [1.29, 1.82) is 0 Å². The highest BCUT2D eigenvalue weighted by Crippen LogP contribution is 2.34. The molecule has 0 bridgehead atoms. The number of nitrogens with two attached hydrogens (primary N) is 1. The minimum atomic E-state index is -0.734. The number of nitrogens with zero attached hydrogens (tertiary/aromatic N) is 5. The Labute approximate surface area is 200 Å². The fourth-order valence-electron chi connectivity index (χ4n) is 3.67. The van der Waals surface area contributed by atoms with Crippen LogP contribution in [0.15, 0.2) is 29.3 Å². The van der Waals surface area contributed by atoms with E-state index in [1.54, 1.807) is 12.1 Å². The van der Waals surface area contributed by atoms with Gasteiger partial charge in [-0.25, -0.2) is 15.0 Å². The van der Waals surface area contributed by atoms with E-state index in [1.165, 1.54) is 31.1 Å². The number of nitrogens with one attached hydrogen (secondary N) is 1. The predicted molar refractivity (Wildman–Crippen MR) is 127 cm³/mol. The number of fused-ring (bicyclic) bond motifs is 1. The van der Waals surface area contributed by atoms with E-state index < -0.39 is 17.6 Å². The van der Waals surface area contributed by atoms with Gasteiger partial charge in [-0.2, -0.15) is 0 Å². The average Bonchev–Trinajstić information content (AvgIpc) is 2.86. The molecule has 1 atom stereocenters. The van der Waals surface area contributed by atoms with Crippen LogP contribution in [0.3, 0.4) is 0 Å². The molecule has 1 amide bonds. The van der Waals surface area contributed by atoms with E-state index in [4.69, 9.17) is 19.9 Å². The summed E-state index contributed by atoms with van der Waals surface area (Å²) in [5, 5.41) is 13.3. The highest BCUT2D eigenvalue weighted by Gasteiger charge is 2.20. The number of hydrogen-bond donors (Lipinski definition) is 3. The van der Waals surface area contributed by atoms with Gasteiger partial charge in [0.2, 0.25) is 11.9 Å². The molecule has 3 aromatic rings. The molecule has 1 fully saturated rings. The molecule has 0 aliphatic carbocycles. The first-order valence-electron chi connectivity index (χ1n) is 10.9. The number of aliphatic hydroxyl groups is 1. The van der Waals surface area contributed by atoms with Crippen LogP contribution in [0, 0.1) is 0 Å². The molecular weight excluding hydrogens is 458 g/mol. The van der Waals surface area contributed by atoms with E-state index in [0.717, 1.165) is 13.1 Å². The molecule has 13 heteroatoms. The maximum Gasteiger partial charge on any atom is 0.262 e. The number of methoxy groups -OCH3 is 1. The van der Waals surface area contributed by atoms with Gasteiger partial charge in [0.25, 0.3) is 11.5 Å². The average molecular weight is 486 g/mol. The van der Waals surface area contributed by atoms with Crippen molar-refractivity contribution in [1.82, 2.24) is 24.4 Å². The Kier molecular flexibility index (Phi) is 7.39. The molecule has 4 N–H and O–H groups in total. The molecule has 1 aliphatic heterocycles. The van der Waals surface area contributed by atoms with Crippen molar-refractivity contribution >= 4 is 28.7 Å². The molecule has 35 heavy (non-hydrogen) atoms. The summed E-state index contributed by atoms with van der Waals surface area (Å²) in [7, 11) is 2.91. The topological polar surface area (TPSA) is 167 Å². The maximum absolute atomic E-state index is 13.0. The molecule has 4 rings (SSSR count). The molecule has 0 radical (unpaired) electrons. The summed E-state index contributed by atoms with van der Waals surface area (Å²) < 4.78 is 17.8. The van der Waals surface area contributed by atoms with Gasteiger partial charge >= 0.3 is 0 Å². The summed E-state index contributed by atoms with van der Waals surface area (Å²) in [5.41, 5.74) is 5.42. The standard InChI is InChI=1S/C22H27N7O6/c1-28-20(32)15-3-4-16(35-12-14(30)11-29-5-7-34-8-6-29)18(33-2)17(15)26-22(28)27-19(31)13-9-24-21(23)25-10-13/h3-4,9-10,14,30H,5-8,11-12H2,1-2H3,(H2,23,24,25)(H,26,27,31)/t14-/m0/s1. The number of amides is 1. The molecule has 186 valence electrons. The lowest BCUT2D eigenvalue weighted by Crippen LogP contribution is -2.42. The number of hydrogen-bond acceptors (Lipinski definition) is 11. The molecule has 1 aliphatic rings. The summed E-state index contributed by atoms with van der Waals surface area (Å²) in [5.74, 6) is -0.0159. The highest BCUT2D eigenvalue weighted by molar-refractivity contribution is 6.03. The maximum atomic E-state index is 13.0. The molecule has 13 nitrogen and oxygen atoms in total. The SMILES string of the molecule is COc1c(OC[C@@H](O)CN2CCOCC2)ccc2c(=O)n(C)c(NC(=O)c3cnc(N)nc3)nc12. The Morgan fingerprint density at radius 1 is 1.29 bits per heavy atom. The van der Waals surface area contributed by atoms with Gasteiger partial charge in [-0.05, 0) is 12.1 Å². The van der Waals surface area contributed by atoms with Crippen LogP contribution < -0.4 is 26.1 Å². The highest BCUT2D eigenvalue weighted by atomic mass is 16.5. The van der Waals surface area contributed by atoms with Gasteiger partial charge in [0, 0.05) is 39.1 Å². The van der Waals surface area contributed by atoms with Crippen molar-refractivity contribution in [2.75, 3.05) is 57.6 Å². The fraction of sp³-hybridized carbons (Fsp3) is 0.409. The van der Waals surface area contributed by atoms with Gasteiger partial charge in [-0.15, -0.1) is 0 Å². The van der Waals surface area contributed by atoms with Crippen LogP contribution in [0.2, 0.25) is 0 Å². The molecule has 0 spiro atoms. The van der Waals surface area contributed by atoms with Gasteiger partial charge in [-0.3, -0.25) is 24.4 Å². The van der Waals surface area contributed by atoms with Crippen LogP contribution >= 0.6 is 0 Å². The van der Waals surface area contributed by atoms with Crippen LogP contribution in [0.4, 0.5) is 11.9 Å². The number of anilines is 2. The number of carbonyl (C=O) groups is 1. The largest absolute Gasteiger partial charge is 0.491 e. The predicted octanol–water partition coefficient (Wildman–Crippen LogP) is -0.361. The Morgan fingerprint density at radius 3 is 2.69 bits per heavy atom. The van der Waals surface area contributed by atoms with Crippen molar-refractivity contribution in [2.24, 2.45) is 7.05 Å². The lowest BCUT2D eigenvalue weighted by molar-refractivity contribution is 0.00447. The monoisotopic (exact) mass is 485 g/mol. The van der Waals surface area contributed by atoms with Gasteiger partial charge in [0.15, 0.2) is 11.5 Å². The molecule has 1 aromatic carbocycles. The second-order valence-electron chi connectivity index (χ2n) is 7.95. The molecule has 2 aromatic heterocycles. The summed E-state index contributed by atoms with van der Waals surface area (Å²) in [6.45, 7) is 3.24. The number of aliphatic hydroxyl groups excluding tert-OH is 1. The zero-order chi connectivity index (χ0) is 24.9. The first kappa shape index (κ1) is 24.3. The first-order valence-corrected chi connectivity index (χ1v) is 10.9. The Morgan fingerprint density at radius 2 is 2.00 bits per heavy atom. The van der Waals surface area contributed by atoms with E-state index in [0.29, 0.717) is 25.5 Å². The molecule has 0 saturated carbocycles. The van der Waals surface area contributed by atoms with Crippen LogP contribution in [0.25, 0.3) is 10.9 Å². The minimum absolute atomic E-state index is 0.00729. The van der Waals surface area contributed by atoms with E-state index in [1.807, 2.05) is 0 Å². The van der Waals surface area contributed by atoms with Crippen molar-refractivity contribution < 1.29 is 24.1 Å². The Bertz CT molecular complexity index is 1260. The molecule has 0 unspecified atom stereocenters. The van der Waals surface area contributed by atoms with Gasteiger partial charge < -0.3 is 25.1 Å². The number of β-amino-alcohol motifs (C(OH)–C–C–N with tert-alkyl or cyclic N) is 1. The summed E-state index contributed by atoms with van der Waals surface area (Å²) in [4.78, 5) is 39.7. The number of nitrogen functional groups attached to an aromatic ring is 1. The van der Waals surface area contributed by atoms with Crippen molar-refractivity contribution in [3.05, 3.63) is 40.4 Å². The van der Waals surface area contributed by atoms with Gasteiger partial charge in [-0.1, -0.05) is 0 Å². The molecule has 1 saturated heterocycles. The third kappa shape index (κ3) is 5.48. The van der Waals surface area contributed by atoms with Crippen molar-refractivity contribution in [3.63, 3.8) is 0 Å². The summed E-state index contributed by atoms with van der Waals surface area (Å²) in [6, 6.07) is 3.16. The van der Waals surface area contributed by atoms with Crippen LogP contribution in [-0.2, 0) is 11.8 Å². The number of aromatic nitrogens is 4. The number of carbonyl (C=O) groups excluding carboxylic acids is 1. The fourth-order valence-corrected chi connectivity index (χ4v) is 3.67. The lowest BCUT2D eigenvalue weighted by atomic mass is 10.2. The number of benzene rings is 1. The van der Waals surface area contributed by atoms with Crippen molar-refractivity contribution in [3.8, 4) is 11.5 Å². The minimum Gasteiger partial charge on any atom is -0.491 e. The zero-order valence-electron chi connectivity index (χ0n) is 19.4. The smallest absolute Gasteiger partial charge is 0.262 e. The Balaban J connectivity index is 1.57. The third-order valence-corrected chi connectivity index (χ3v) is 5.53. The van der Waals surface area contributed by atoms with Crippen molar-refractivity contribution in [2.45, 2.75) is 6.10 Å².